The highest BCUT2D eigenvalue weighted by Gasteiger charge is 2.54. The van der Waals surface area contributed by atoms with Crippen LogP contribution in [0.25, 0.3) is 0 Å². The van der Waals surface area contributed by atoms with E-state index in [2.05, 4.69) is 19.2 Å². The maximum atomic E-state index is 12.2. The van der Waals surface area contributed by atoms with Crippen LogP contribution in [-0.4, -0.2) is 35.7 Å². The molecule has 2 N–H and O–H groups in total. The topological polar surface area (TPSA) is 88.8 Å². The Kier molecular flexibility index (Phi) is 4.90. The van der Waals surface area contributed by atoms with Gasteiger partial charge in [-0.25, -0.2) is 4.79 Å². The van der Waals surface area contributed by atoms with Gasteiger partial charge in [0.2, 0.25) is 5.76 Å². The van der Waals surface area contributed by atoms with E-state index >= 15 is 0 Å². The predicted molar refractivity (Wildman–Crippen MR) is 80.0 cm³/mol. The van der Waals surface area contributed by atoms with E-state index in [4.69, 9.17) is 14.3 Å². The minimum absolute atomic E-state index is 0.0185. The van der Waals surface area contributed by atoms with Gasteiger partial charge in [0.05, 0.1) is 6.10 Å². The maximum Gasteiger partial charge on any atom is 0.371 e. The average molecular weight is 309 g/mol. The molecule has 0 aliphatic heterocycles. The predicted octanol–water partition coefficient (Wildman–Crippen LogP) is 2.69. The molecule has 0 aromatic carbocycles. The fraction of sp³-hybridized carbons (Fsp3) is 0.625. The van der Waals surface area contributed by atoms with Crippen LogP contribution in [0.1, 0.15) is 61.1 Å². The summed E-state index contributed by atoms with van der Waals surface area (Å²) in [6, 6.07) is 2.69. The molecule has 6 nitrogen and oxygen atoms in total. The average Bonchev–Trinajstić information content (AvgIpc) is 2.97. The summed E-state index contributed by atoms with van der Waals surface area (Å²) < 4.78 is 10.8. The Bertz CT molecular complexity index is 546. The number of carbonyl (C=O) groups is 2. The summed E-state index contributed by atoms with van der Waals surface area (Å²) in [6.07, 6.45) is 2.76. The third-order valence-corrected chi connectivity index (χ3v) is 4.82. The number of carbonyl (C=O) groups excluding carboxylic acids is 1. The zero-order chi connectivity index (χ0) is 16.3. The summed E-state index contributed by atoms with van der Waals surface area (Å²) in [5, 5.41) is 11.8. The van der Waals surface area contributed by atoms with E-state index < -0.39 is 5.97 Å². The first kappa shape index (κ1) is 16.5. The highest BCUT2D eigenvalue weighted by Crippen LogP contribution is 2.48. The lowest BCUT2D eigenvalue weighted by atomic mass is 9.58. The van der Waals surface area contributed by atoms with Crippen molar-refractivity contribution in [1.82, 2.24) is 5.32 Å². The number of hydrogen-bond acceptors (Lipinski definition) is 4. The number of furan rings is 1. The van der Waals surface area contributed by atoms with Crippen LogP contribution in [-0.2, 0) is 4.74 Å². The lowest BCUT2D eigenvalue weighted by Gasteiger charge is -2.55. The van der Waals surface area contributed by atoms with Crippen LogP contribution in [0.15, 0.2) is 16.5 Å². The number of carboxylic acid groups (broad SMARTS) is 1. The molecular formula is C16H23NO5. The number of aromatic carboxylic acids is 1. The molecular weight excluding hydrogens is 286 g/mol. The SMILES string of the molecule is CCOC1CC(NC(=O)c2ccc(C(=O)O)o2)C1(CC)CC. The fourth-order valence-electron chi connectivity index (χ4n) is 3.39. The summed E-state index contributed by atoms with van der Waals surface area (Å²) in [5.74, 6) is -1.77. The molecule has 1 fully saturated rings. The summed E-state index contributed by atoms with van der Waals surface area (Å²) in [4.78, 5) is 23.0. The van der Waals surface area contributed by atoms with Crippen molar-refractivity contribution in [2.24, 2.45) is 5.41 Å². The molecule has 1 aromatic heterocycles. The van der Waals surface area contributed by atoms with E-state index in [1.165, 1.54) is 12.1 Å². The number of carboxylic acids is 1. The number of rotatable bonds is 7. The van der Waals surface area contributed by atoms with Gasteiger partial charge < -0.3 is 19.6 Å². The Hall–Kier alpha value is -1.82. The van der Waals surface area contributed by atoms with Crippen LogP contribution in [0.2, 0.25) is 0 Å². The van der Waals surface area contributed by atoms with Gasteiger partial charge in [-0.2, -0.15) is 0 Å². The van der Waals surface area contributed by atoms with Crippen LogP contribution >= 0.6 is 0 Å². The number of hydrogen-bond donors (Lipinski definition) is 2. The minimum Gasteiger partial charge on any atom is -0.475 e. The zero-order valence-electron chi connectivity index (χ0n) is 13.2. The summed E-state index contributed by atoms with van der Waals surface area (Å²) in [5.41, 5.74) is -0.0616. The molecule has 1 amide bonds. The van der Waals surface area contributed by atoms with E-state index in [1.54, 1.807) is 0 Å². The van der Waals surface area contributed by atoms with Crippen molar-refractivity contribution < 1.29 is 23.8 Å². The van der Waals surface area contributed by atoms with Gasteiger partial charge >= 0.3 is 5.97 Å². The van der Waals surface area contributed by atoms with Crippen molar-refractivity contribution in [2.75, 3.05) is 6.61 Å². The van der Waals surface area contributed by atoms with Gasteiger partial charge in [0.25, 0.3) is 5.91 Å². The second-order valence-corrected chi connectivity index (χ2v) is 5.62. The Balaban J connectivity index is 2.06. The Labute approximate surface area is 129 Å². The van der Waals surface area contributed by atoms with Crippen molar-refractivity contribution in [1.29, 1.82) is 0 Å². The van der Waals surface area contributed by atoms with Gasteiger partial charge in [0.15, 0.2) is 5.76 Å². The van der Waals surface area contributed by atoms with Crippen molar-refractivity contribution in [2.45, 2.75) is 52.2 Å². The highest BCUT2D eigenvalue weighted by molar-refractivity contribution is 5.93. The molecule has 22 heavy (non-hydrogen) atoms. The zero-order valence-corrected chi connectivity index (χ0v) is 13.2. The molecule has 1 aromatic rings. The molecule has 2 rings (SSSR count). The van der Waals surface area contributed by atoms with E-state index in [0.29, 0.717) is 6.61 Å². The monoisotopic (exact) mass is 309 g/mol. The second-order valence-electron chi connectivity index (χ2n) is 5.62. The number of ether oxygens (including phenoxy) is 1. The first-order valence-electron chi connectivity index (χ1n) is 7.74. The standard InChI is InChI=1S/C16H23NO5/c1-4-16(5-2)12(9-13(16)21-6-3)17-14(18)10-7-8-11(22-10)15(19)20/h7-8,12-13H,4-6,9H2,1-3H3,(H,17,18)(H,19,20). The van der Waals surface area contributed by atoms with Crippen molar-refractivity contribution in [3.8, 4) is 0 Å². The lowest BCUT2D eigenvalue weighted by Crippen LogP contribution is -2.64. The van der Waals surface area contributed by atoms with Crippen molar-refractivity contribution in [3.05, 3.63) is 23.7 Å². The van der Waals surface area contributed by atoms with Gasteiger partial charge in [-0.1, -0.05) is 13.8 Å². The molecule has 1 heterocycles. The normalized spacial score (nSPS) is 22.9. The lowest BCUT2D eigenvalue weighted by molar-refractivity contribution is -0.134. The van der Waals surface area contributed by atoms with Crippen LogP contribution in [0, 0.1) is 5.41 Å². The molecule has 0 spiro atoms. The molecule has 2 atom stereocenters. The fourth-order valence-corrected chi connectivity index (χ4v) is 3.39. The van der Waals surface area contributed by atoms with Gasteiger partial charge in [-0.3, -0.25) is 4.79 Å². The van der Waals surface area contributed by atoms with Crippen LogP contribution < -0.4 is 5.32 Å². The van der Waals surface area contributed by atoms with Crippen LogP contribution in [0.3, 0.4) is 0 Å². The Morgan fingerprint density at radius 2 is 1.95 bits per heavy atom. The van der Waals surface area contributed by atoms with E-state index in [0.717, 1.165) is 19.3 Å². The van der Waals surface area contributed by atoms with Crippen LogP contribution in [0.5, 0.6) is 0 Å². The van der Waals surface area contributed by atoms with Crippen LogP contribution in [0.4, 0.5) is 0 Å². The third-order valence-electron chi connectivity index (χ3n) is 4.82. The molecule has 0 saturated heterocycles. The molecule has 0 radical (unpaired) electrons. The summed E-state index contributed by atoms with van der Waals surface area (Å²) in [6.45, 7) is 6.83. The molecule has 6 heteroatoms. The number of nitrogens with one attached hydrogen (secondary N) is 1. The molecule has 2 unspecified atom stereocenters. The third kappa shape index (κ3) is 2.75. The first-order valence-corrected chi connectivity index (χ1v) is 7.74. The van der Waals surface area contributed by atoms with Gasteiger partial charge in [-0.15, -0.1) is 0 Å². The summed E-state index contributed by atoms with van der Waals surface area (Å²) in [7, 11) is 0. The molecule has 1 saturated carbocycles. The highest BCUT2D eigenvalue weighted by atomic mass is 16.5. The Morgan fingerprint density at radius 3 is 2.45 bits per heavy atom. The largest absolute Gasteiger partial charge is 0.475 e. The molecule has 122 valence electrons. The van der Waals surface area contributed by atoms with E-state index in [1.807, 2.05) is 6.92 Å². The minimum atomic E-state index is -1.18. The quantitative estimate of drug-likeness (QED) is 0.808. The Morgan fingerprint density at radius 1 is 1.32 bits per heavy atom. The van der Waals surface area contributed by atoms with Gasteiger partial charge in [-0.05, 0) is 38.3 Å². The van der Waals surface area contributed by atoms with Gasteiger partial charge in [0, 0.05) is 18.1 Å². The molecule has 1 aliphatic rings. The smallest absolute Gasteiger partial charge is 0.371 e. The van der Waals surface area contributed by atoms with Gasteiger partial charge in [0.1, 0.15) is 0 Å². The van der Waals surface area contributed by atoms with E-state index in [9.17, 15) is 9.59 Å². The number of amides is 1. The molecule has 0 bridgehead atoms. The summed E-state index contributed by atoms with van der Waals surface area (Å²) >= 11 is 0. The maximum absolute atomic E-state index is 12.2. The first-order chi connectivity index (χ1) is 10.5. The molecule has 1 aliphatic carbocycles. The van der Waals surface area contributed by atoms with Crippen molar-refractivity contribution >= 4 is 11.9 Å². The van der Waals surface area contributed by atoms with E-state index in [-0.39, 0.29) is 35.0 Å². The second kappa shape index (κ2) is 6.52. The van der Waals surface area contributed by atoms with Crippen molar-refractivity contribution in [3.63, 3.8) is 0 Å².